The topological polar surface area (TPSA) is 80.5 Å². The van der Waals surface area contributed by atoms with Crippen molar-refractivity contribution in [3.8, 4) is 0 Å². The number of nitrogen functional groups attached to an aromatic ring is 1. The van der Waals surface area contributed by atoms with Crippen LogP contribution >= 0.6 is 11.3 Å². The van der Waals surface area contributed by atoms with Crippen molar-refractivity contribution < 1.29 is 13.2 Å². The minimum Gasteiger partial charge on any atom is -0.396 e. The molecule has 1 saturated heterocycles. The second-order valence-corrected chi connectivity index (χ2v) is 8.32. The van der Waals surface area contributed by atoms with Crippen molar-refractivity contribution in [3.63, 3.8) is 0 Å². The summed E-state index contributed by atoms with van der Waals surface area (Å²) in [5.41, 5.74) is 6.08. The molecule has 2 rings (SSSR count). The van der Waals surface area contributed by atoms with Crippen molar-refractivity contribution in [2.24, 2.45) is 5.92 Å². The maximum absolute atomic E-state index is 12.0. The van der Waals surface area contributed by atoms with Gasteiger partial charge in [-0.3, -0.25) is 4.79 Å². The molecule has 2 heterocycles. The van der Waals surface area contributed by atoms with Crippen molar-refractivity contribution in [2.45, 2.75) is 31.6 Å². The fourth-order valence-electron chi connectivity index (χ4n) is 2.47. The van der Waals surface area contributed by atoms with Crippen LogP contribution in [0.25, 0.3) is 0 Å². The Labute approximate surface area is 123 Å². The van der Waals surface area contributed by atoms with Gasteiger partial charge in [-0.15, -0.1) is 11.3 Å². The summed E-state index contributed by atoms with van der Waals surface area (Å²) in [6, 6.07) is 0. The van der Waals surface area contributed by atoms with Gasteiger partial charge in [0.2, 0.25) is 0 Å². The van der Waals surface area contributed by atoms with Gasteiger partial charge >= 0.3 is 0 Å². The van der Waals surface area contributed by atoms with Crippen LogP contribution in [0.3, 0.4) is 0 Å². The average molecular weight is 316 g/mol. The summed E-state index contributed by atoms with van der Waals surface area (Å²) in [5.74, 6) is 0.423. The molecule has 1 atom stereocenters. The van der Waals surface area contributed by atoms with Crippen LogP contribution in [0.1, 0.15) is 36.4 Å². The Balaban J connectivity index is 2.58. The molecule has 0 bridgehead atoms. The highest BCUT2D eigenvalue weighted by Crippen LogP contribution is 2.43. The third kappa shape index (κ3) is 2.69. The largest absolute Gasteiger partial charge is 0.396 e. The van der Waals surface area contributed by atoms with E-state index in [9.17, 15) is 13.2 Å². The van der Waals surface area contributed by atoms with E-state index in [0.717, 1.165) is 25.8 Å². The third-order valence-corrected chi connectivity index (χ3v) is 6.13. The van der Waals surface area contributed by atoms with Gasteiger partial charge in [0.1, 0.15) is 9.90 Å². The van der Waals surface area contributed by atoms with Crippen molar-refractivity contribution in [1.29, 1.82) is 0 Å². The SMILES string of the molecule is CCC(=O)c1sc(N2CCC(C)C2)c(S(C)(=O)=O)c1N. The molecule has 0 saturated carbocycles. The van der Waals surface area contributed by atoms with Gasteiger partial charge in [0, 0.05) is 25.8 Å². The van der Waals surface area contributed by atoms with E-state index in [1.165, 1.54) is 11.3 Å². The maximum atomic E-state index is 12.0. The van der Waals surface area contributed by atoms with Crippen molar-refractivity contribution >= 4 is 37.6 Å². The van der Waals surface area contributed by atoms with Crippen molar-refractivity contribution in [2.75, 3.05) is 30.0 Å². The summed E-state index contributed by atoms with van der Waals surface area (Å²) in [6.07, 6.45) is 2.50. The summed E-state index contributed by atoms with van der Waals surface area (Å²) in [6.45, 7) is 5.50. The number of sulfone groups is 1. The number of Topliss-reactive ketones (excluding diaryl/α,β-unsaturated/α-hetero) is 1. The van der Waals surface area contributed by atoms with E-state index in [4.69, 9.17) is 5.73 Å². The Kier molecular flexibility index (Phi) is 4.11. The van der Waals surface area contributed by atoms with Crippen LogP contribution < -0.4 is 10.6 Å². The van der Waals surface area contributed by atoms with Gasteiger partial charge in [-0.05, 0) is 12.3 Å². The summed E-state index contributed by atoms with van der Waals surface area (Å²) in [4.78, 5) is 14.5. The molecule has 0 radical (unpaired) electrons. The van der Waals surface area contributed by atoms with Crippen LogP contribution in [0.5, 0.6) is 0 Å². The molecule has 0 amide bonds. The number of hydrogen-bond donors (Lipinski definition) is 1. The number of nitrogens with zero attached hydrogens (tertiary/aromatic N) is 1. The quantitative estimate of drug-likeness (QED) is 0.861. The van der Waals surface area contributed by atoms with E-state index in [-0.39, 0.29) is 16.4 Å². The normalized spacial score (nSPS) is 19.6. The highest BCUT2D eigenvalue weighted by Gasteiger charge is 2.31. The first kappa shape index (κ1) is 15.3. The lowest BCUT2D eigenvalue weighted by atomic mass is 10.2. The standard InChI is InChI=1S/C13H20N2O3S2/c1-4-9(16)11-10(14)12(20(3,17)18)13(19-11)15-6-5-8(2)7-15/h8H,4-7,14H2,1-3H3. The van der Waals surface area contributed by atoms with E-state index in [0.29, 0.717) is 22.2 Å². The van der Waals surface area contributed by atoms with Gasteiger partial charge in [0.05, 0.1) is 10.6 Å². The predicted molar refractivity (Wildman–Crippen MR) is 82.5 cm³/mol. The molecular weight excluding hydrogens is 296 g/mol. The Morgan fingerprint density at radius 2 is 2.15 bits per heavy atom. The van der Waals surface area contributed by atoms with Gasteiger partial charge in [-0.25, -0.2) is 8.42 Å². The average Bonchev–Trinajstić information content (AvgIpc) is 2.91. The van der Waals surface area contributed by atoms with Gasteiger partial charge in [-0.2, -0.15) is 0 Å². The highest BCUT2D eigenvalue weighted by atomic mass is 32.2. The summed E-state index contributed by atoms with van der Waals surface area (Å²) >= 11 is 1.22. The second kappa shape index (κ2) is 5.37. The van der Waals surface area contributed by atoms with Gasteiger partial charge < -0.3 is 10.6 Å². The lowest BCUT2D eigenvalue weighted by Gasteiger charge is -2.17. The molecule has 1 fully saturated rings. The minimum absolute atomic E-state index is 0.101. The van der Waals surface area contributed by atoms with E-state index in [1.54, 1.807) is 6.92 Å². The summed E-state index contributed by atoms with van der Waals surface area (Å²) in [7, 11) is -3.45. The number of carbonyl (C=O) groups is 1. The van der Waals surface area contributed by atoms with E-state index < -0.39 is 9.84 Å². The van der Waals surface area contributed by atoms with Gasteiger partial charge in [0.25, 0.3) is 0 Å². The number of thiophene rings is 1. The fourth-order valence-corrected chi connectivity index (χ4v) is 5.22. The predicted octanol–water partition coefficient (Wildman–Crippen LogP) is 2.17. The van der Waals surface area contributed by atoms with Crippen LogP contribution in [0.4, 0.5) is 10.7 Å². The molecule has 1 aliphatic heterocycles. The Hall–Kier alpha value is -1.08. The Morgan fingerprint density at radius 1 is 1.50 bits per heavy atom. The first-order valence-corrected chi connectivity index (χ1v) is 9.37. The molecule has 1 aromatic heterocycles. The maximum Gasteiger partial charge on any atom is 0.180 e. The van der Waals surface area contributed by atoms with Crippen molar-refractivity contribution in [3.05, 3.63) is 4.88 Å². The molecule has 112 valence electrons. The molecule has 20 heavy (non-hydrogen) atoms. The van der Waals surface area contributed by atoms with Crippen LogP contribution in [0, 0.1) is 5.92 Å². The number of ketones is 1. The Bertz CT molecular complexity index is 634. The lowest BCUT2D eigenvalue weighted by molar-refractivity contribution is 0.0992. The van der Waals surface area contributed by atoms with Crippen LogP contribution in [0.2, 0.25) is 0 Å². The zero-order valence-corrected chi connectivity index (χ0v) is 13.6. The molecular formula is C13H20N2O3S2. The Morgan fingerprint density at radius 3 is 2.60 bits per heavy atom. The molecule has 0 spiro atoms. The number of hydrogen-bond acceptors (Lipinski definition) is 6. The first-order valence-electron chi connectivity index (χ1n) is 6.66. The zero-order chi connectivity index (χ0) is 15.1. The lowest BCUT2D eigenvalue weighted by Crippen LogP contribution is -2.20. The van der Waals surface area contributed by atoms with Crippen LogP contribution in [-0.4, -0.2) is 33.5 Å². The molecule has 7 heteroatoms. The number of nitrogens with two attached hydrogens (primary N) is 1. The smallest absolute Gasteiger partial charge is 0.180 e. The molecule has 1 aromatic rings. The highest BCUT2D eigenvalue weighted by molar-refractivity contribution is 7.91. The van der Waals surface area contributed by atoms with Gasteiger partial charge in [-0.1, -0.05) is 13.8 Å². The molecule has 2 N–H and O–H groups in total. The van der Waals surface area contributed by atoms with E-state index >= 15 is 0 Å². The van der Waals surface area contributed by atoms with Crippen LogP contribution in [0.15, 0.2) is 4.90 Å². The number of carbonyl (C=O) groups excluding carboxylic acids is 1. The van der Waals surface area contributed by atoms with Crippen molar-refractivity contribution in [1.82, 2.24) is 0 Å². The molecule has 0 aromatic carbocycles. The molecule has 1 unspecified atom stereocenters. The molecule has 0 aliphatic carbocycles. The minimum atomic E-state index is -3.45. The number of rotatable bonds is 4. The van der Waals surface area contributed by atoms with E-state index in [1.807, 2.05) is 4.90 Å². The molecule has 1 aliphatic rings. The first-order chi connectivity index (χ1) is 9.25. The third-order valence-electron chi connectivity index (χ3n) is 3.54. The summed E-state index contributed by atoms with van der Waals surface area (Å²) in [5, 5.41) is 0.631. The second-order valence-electron chi connectivity index (χ2n) is 5.37. The van der Waals surface area contributed by atoms with Crippen LogP contribution in [-0.2, 0) is 9.84 Å². The monoisotopic (exact) mass is 316 g/mol. The zero-order valence-electron chi connectivity index (χ0n) is 12.0. The number of anilines is 2. The summed E-state index contributed by atoms with van der Waals surface area (Å²) < 4.78 is 24.1. The molecule has 5 nitrogen and oxygen atoms in total. The van der Waals surface area contributed by atoms with Gasteiger partial charge in [0.15, 0.2) is 15.6 Å². The van der Waals surface area contributed by atoms with E-state index in [2.05, 4.69) is 6.92 Å². The fraction of sp³-hybridized carbons (Fsp3) is 0.615.